The first-order valence-corrected chi connectivity index (χ1v) is 8.48. The van der Waals surface area contributed by atoms with Crippen molar-refractivity contribution in [2.24, 2.45) is 5.92 Å². The Labute approximate surface area is 128 Å². The van der Waals surface area contributed by atoms with Gasteiger partial charge in [-0.15, -0.1) is 0 Å². The maximum atomic E-state index is 12.6. The molecule has 5 heterocycles. The Hall–Kier alpha value is -1.46. The first-order chi connectivity index (χ1) is 10.1. The van der Waals surface area contributed by atoms with Crippen LogP contribution in [0.4, 0.5) is 0 Å². The van der Waals surface area contributed by atoms with Gasteiger partial charge < -0.3 is 5.32 Å². The first kappa shape index (κ1) is 13.2. The van der Waals surface area contributed by atoms with E-state index in [4.69, 9.17) is 0 Å². The molecule has 2 aromatic rings. The van der Waals surface area contributed by atoms with Gasteiger partial charge in [0.1, 0.15) is 5.69 Å². The van der Waals surface area contributed by atoms with Gasteiger partial charge in [0.2, 0.25) is 0 Å². The summed E-state index contributed by atoms with van der Waals surface area (Å²) in [5.41, 5.74) is 0.313. The molecule has 2 bridgehead atoms. The van der Waals surface area contributed by atoms with E-state index in [2.05, 4.69) is 32.9 Å². The van der Waals surface area contributed by atoms with Crippen LogP contribution in [0.2, 0.25) is 0 Å². The van der Waals surface area contributed by atoms with E-state index in [0.717, 1.165) is 36.2 Å². The molecule has 1 amide bonds. The van der Waals surface area contributed by atoms with Gasteiger partial charge in [-0.05, 0) is 48.9 Å². The van der Waals surface area contributed by atoms with E-state index in [1.54, 1.807) is 17.5 Å². The summed E-state index contributed by atoms with van der Waals surface area (Å²) >= 11 is 1.64. The second-order valence-corrected chi connectivity index (χ2v) is 7.18. The number of fused-ring (bicyclic) bond motifs is 4. The number of hydrogen-bond acceptors (Lipinski definition) is 4. The second kappa shape index (κ2) is 4.78. The molecule has 4 nitrogen and oxygen atoms in total. The fourth-order valence-corrected chi connectivity index (χ4v) is 4.51. The molecule has 1 N–H and O–H groups in total. The van der Waals surface area contributed by atoms with Gasteiger partial charge in [0.25, 0.3) is 5.91 Å². The molecule has 3 fully saturated rings. The van der Waals surface area contributed by atoms with Crippen LogP contribution in [0, 0.1) is 5.92 Å². The van der Waals surface area contributed by atoms with Crippen LogP contribution in [0.1, 0.15) is 36.7 Å². The fraction of sp³-hybridized carbons (Fsp3) is 0.500. The van der Waals surface area contributed by atoms with Crippen LogP contribution in [-0.2, 0) is 0 Å². The molecule has 5 rings (SSSR count). The SMILES string of the molecule is C[C@@]1(NC(=O)c2cc3cscc3cn2)CC2CCN1CC2. The summed E-state index contributed by atoms with van der Waals surface area (Å²) < 4.78 is 0. The molecule has 0 unspecified atom stereocenters. The average molecular weight is 301 g/mol. The molecule has 21 heavy (non-hydrogen) atoms. The third-order valence-corrected chi connectivity index (χ3v) is 5.75. The smallest absolute Gasteiger partial charge is 0.271 e. The number of carbonyl (C=O) groups excluding carboxylic acids is 1. The number of nitrogens with zero attached hydrogens (tertiary/aromatic N) is 2. The zero-order chi connectivity index (χ0) is 14.4. The summed E-state index contributed by atoms with van der Waals surface area (Å²) in [6, 6.07) is 1.89. The number of piperidine rings is 3. The summed E-state index contributed by atoms with van der Waals surface area (Å²) in [5, 5.41) is 9.53. The molecule has 0 aromatic carbocycles. The lowest BCUT2D eigenvalue weighted by Crippen LogP contribution is -2.65. The summed E-state index contributed by atoms with van der Waals surface area (Å²) in [7, 11) is 0. The minimum atomic E-state index is -0.205. The molecular formula is C16H19N3OS. The third kappa shape index (κ3) is 2.24. The number of amides is 1. The molecule has 0 aliphatic carbocycles. The Morgan fingerprint density at radius 3 is 2.86 bits per heavy atom. The van der Waals surface area contributed by atoms with E-state index in [-0.39, 0.29) is 11.6 Å². The van der Waals surface area contributed by atoms with Crippen LogP contribution in [0.3, 0.4) is 0 Å². The Kier molecular flexibility index (Phi) is 3.01. The van der Waals surface area contributed by atoms with Crippen LogP contribution in [0.5, 0.6) is 0 Å². The minimum absolute atomic E-state index is 0.0573. The number of hydrogen-bond donors (Lipinski definition) is 1. The highest BCUT2D eigenvalue weighted by molar-refractivity contribution is 7.09. The van der Waals surface area contributed by atoms with E-state index < -0.39 is 0 Å². The standard InChI is InChI=1S/C16H19N3OS/c1-16(7-11-2-4-19(16)5-3-11)18-15(20)14-6-12-9-21-10-13(12)8-17-14/h6,8-11H,2-5,7H2,1H3,(H,18,20)/t16-/m0/s1. The van der Waals surface area contributed by atoms with Crippen LogP contribution in [-0.4, -0.2) is 34.5 Å². The predicted molar refractivity (Wildman–Crippen MR) is 84.4 cm³/mol. The Balaban J connectivity index is 1.57. The van der Waals surface area contributed by atoms with E-state index in [1.165, 1.54) is 12.8 Å². The van der Waals surface area contributed by atoms with Crippen molar-refractivity contribution in [1.29, 1.82) is 0 Å². The summed E-state index contributed by atoms with van der Waals surface area (Å²) in [6.07, 6.45) is 5.38. The highest BCUT2D eigenvalue weighted by atomic mass is 32.1. The van der Waals surface area contributed by atoms with Crippen LogP contribution in [0.15, 0.2) is 23.0 Å². The number of aromatic nitrogens is 1. The van der Waals surface area contributed by atoms with Crippen LogP contribution >= 0.6 is 11.3 Å². The van der Waals surface area contributed by atoms with E-state index in [1.807, 2.05) is 6.07 Å². The Morgan fingerprint density at radius 1 is 1.38 bits per heavy atom. The van der Waals surface area contributed by atoms with Gasteiger partial charge in [-0.3, -0.25) is 14.7 Å². The number of rotatable bonds is 2. The fourth-order valence-electron chi connectivity index (χ4n) is 3.75. The van der Waals surface area contributed by atoms with Crippen molar-refractivity contribution >= 4 is 28.0 Å². The summed E-state index contributed by atoms with van der Waals surface area (Å²) in [4.78, 5) is 19.3. The van der Waals surface area contributed by atoms with Crippen molar-refractivity contribution in [2.45, 2.75) is 31.8 Å². The first-order valence-electron chi connectivity index (χ1n) is 7.54. The van der Waals surface area contributed by atoms with Gasteiger partial charge in [0.15, 0.2) is 0 Å². The third-order valence-electron chi connectivity index (χ3n) is 4.97. The monoisotopic (exact) mass is 301 g/mol. The molecule has 0 saturated carbocycles. The molecular weight excluding hydrogens is 282 g/mol. The lowest BCUT2D eigenvalue weighted by Gasteiger charge is -2.52. The van der Waals surface area contributed by atoms with Crippen molar-refractivity contribution in [3.8, 4) is 0 Å². The van der Waals surface area contributed by atoms with E-state index in [0.29, 0.717) is 5.69 Å². The molecule has 3 aliphatic heterocycles. The molecule has 110 valence electrons. The van der Waals surface area contributed by atoms with Gasteiger partial charge in [0, 0.05) is 30.1 Å². The van der Waals surface area contributed by atoms with E-state index >= 15 is 0 Å². The lowest BCUT2D eigenvalue weighted by atomic mass is 9.80. The summed E-state index contributed by atoms with van der Waals surface area (Å²) in [5.74, 6) is 0.700. The van der Waals surface area contributed by atoms with E-state index in [9.17, 15) is 4.79 Å². The normalized spacial score (nSPS) is 31.5. The molecule has 3 saturated heterocycles. The quantitative estimate of drug-likeness (QED) is 0.927. The largest absolute Gasteiger partial charge is 0.333 e. The number of carbonyl (C=O) groups is 1. The minimum Gasteiger partial charge on any atom is -0.333 e. The molecule has 3 aliphatic rings. The Morgan fingerprint density at radius 2 is 2.14 bits per heavy atom. The highest BCUT2D eigenvalue weighted by Gasteiger charge is 2.43. The molecule has 2 aromatic heterocycles. The van der Waals surface area contributed by atoms with Gasteiger partial charge in [-0.1, -0.05) is 0 Å². The zero-order valence-corrected chi connectivity index (χ0v) is 12.9. The van der Waals surface area contributed by atoms with Gasteiger partial charge >= 0.3 is 0 Å². The van der Waals surface area contributed by atoms with Gasteiger partial charge in [0.05, 0.1) is 5.66 Å². The van der Waals surface area contributed by atoms with Gasteiger partial charge in [-0.2, -0.15) is 11.3 Å². The summed E-state index contributed by atoms with van der Waals surface area (Å²) in [6.45, 7) is 4.34. The van der Waals surface area contributed by atoms with Gasteiger partial charge in [-0.25, -0.2) is 0 Å². The highest BCUT2D eigenvalue weighted by Crippen LogP contribution is 2.37. The Bertz CT molecular complexity index is 690. The van der Waals surface area contributed by atoms with Crippen LogP contribution < -0.4 is 5.32 Å². The van der Waals surface area contributed by atoms with Crippen molar-refractivity contribution in [3.05, 3.63) is 28.7 Å². The number of nitrogens with one attached hydrogen (secondary N) is 1. The van der Waals surface area contributed by atoms with Crippen molar-refractivity contribution < 1.29 is 4.79 Å². The molecule has 1 atom stereocenters. The van der Waals surface area contributed by atoms with Crippen LogP contribution in [0.25, 0.3) is 10.8 Å². The average Bonchev–Trinajstić information content (AvgIpc) is 2.95. The van der Waals surface area contributed by atoms with Crippen molar-refractivity contribution in [2.75, 3.05) is 13.1 Å². The van der Waals surface area contributed by atoms with Crippen molar-refractivity contribution in [1.82, 2.24) is 15.2 Å². The number of pyridine rings is 1. The second-order valence-electron chi connectivity index (χ2n) is 6.43. The molecule has 0 radical (unpaired) electrons. The molecule has 0 spiro atoms. The van der Waals surface area contributed by atoms with Crippen molar-refractivity contribution in [3.63, 3.8) is 0 Å². The zero-order valence-electron chi connectivity index (χ0n) is 12.1. The lowest BCUT2D eigenvalue weighted by molar-refractivity contribution is -0.0347. The maximum Gasteiger partial charge on any atom is 0.271 e. The number of thiophene rings is 1. The maximum absolute atomic E-state index is 12.6. The topological polar surface area (TPSA) is 45.2 Å². The predicted octanol–water partition coefficient (Wildman–Crippen LogP) is 2.86. The molecule has 5 heteroatoms.